The van der Waals surface area contributed by atoms with Crippen LogP contribution in [0.1, 0.15) is 12.8 Å². The Kier molecular flexibility index (Phi) is 6.75. The summed E-state index contributed by atoms with van der Waals surface area (Å²) in [4.78, 5) is 5.08. The van der Waals surface area contributed by atoms with E-state index in [1.54, 1.807) is 7.11 Å². The normalized spacial score (nSPS) is 20.9. The van der Waals surface area contributed by atoms with Gasteiger partial charge >= 0.3 is 0 Å². The number of para-hydroxylation sites is 2. The van der Waals surface area contributed by atoms with Crippen molar-refractivity contribution in [3.8, 4) is 11.5 Å². The fourth-order valence-corrected chi connectivity index (χ4v) is 3.56. The monoisotopic (exact) mass is 334 g/mol. The van der Waals surface area contributed by atoms with Crippen LogP contribution in [0.15, 0.2) is 24.3 Å². The van der Waals surface area contributed by atoms with Crippen LogP contribution in [0.4, 0.5) is 0 Å². The molecule has 0 N–H and O–H groups in total. The van der Waals surface area contributed by atoms with Gasteiger partial charge in [-0.15, -0.1) is 0 Å². The summed E-state index contributed by atoms with van der Waals surface area (Å²) >= 11 is 0. The third-order valence-corrected chi connectivity index (χ3v) is 5.06. The van der Waals surface area contributed by atoms with Crippen molar-refractivity contribution in [3.63, 3.8) is 0 Å². The molecule has 0 radical (unpaired) electrons. The number of ether oxygens (including phenoxy) is 3. The van der Waals surface area contributed by atoms with E-state index in [4.69, 9.17) is 14.2 Å². The van der Waals surface area contributed by atoms with Crippen molar-refractivity contribution in [2.24, 2.45) is 5.92 Å². The predicted molar refractivity (Wildman–Crippen MR) is 94.9 cm³/mol. The molecule has 0 aliphatic carbocycles. The van der Waals surface area contributed by atoms with E-state index >= 15 is 0 Å². The lowest BCUT2D eigenvalue weighted by Gasteiger charge is -2.36. The number of rotatable bonds is 7. The van der Waals surface area contributed by atoms with Crippen molar-refractivity contribution in [1.82, 2.24) is 9.80 Å². The molecule has 0 aromatic heterocycles. The van der Waals surface area contributed by atoms with Crippen molar-refractivity contribution in [1.29, 1.82) is 0 Å². The van der Waals surface area contributed by atoms with Crippen LogP contribution in [0.2, 0.25) is 0 Å². The van der Waals surface area contributed by atoms with Gasteiger partial charge in [-0.3, -0.25) is 9.80 Å². The molecule has 0 atom stereocenters. The first-order chi connectivity index (χ1) is 11.8. The highest BCUT2D eigenvalue weighted by atomic mass is 16.5. The predicted octanol–water partition coefficient (Wildman–Crippen LogP) is 2.12. The summed E-state index contributed by atoms with van der Waals surface area (Å²) < 4.78 is 16.6. The van der Waals surface area contributed by atoms with Gasteiger partial charge in [0.15, 0.2) is 11.5 Å². The molecule has 0 unspecified atom stereocenters. The van der Waals surface area contributed by atoms with Gasteiger partial charge in [0.25, 0.3) is 0 Å². The molecule has 5 heteroatoms. The highest BCUT2D eigenvalue weighted by Crippen LogP contribution is 2.26. The van der Waals surface area contributed by atoms with E-state index in [1.165, 1.54) is 32.5 Å². The fourth-order valence-electron chi connectivity index (χ4n) is 3.56. The number of hydrogen-bond donors (Lipinski definition) is 0. The first-order valence-corrected chi connectivity index (χ1v) is 9.13. The van der Waals surface area contributed by atoms with Gasteiger partial charge in [0, 0.05) is 26.2 Å². The van der Waals surface area contributed by atoms with E-state index < -0.39 is 0 Å². The highest BCUT2D eigenvalue weighted by Gasteiger charge is 2.22. The lowest BCUT2D eigenvalue weighted by molar-refractivity contribution is 0.0240. The van der Waals surface area contributed by atoms with Crippen LogP contribution < -0.4 is 9.47 Å². The number of benzene rings is 1. The van der Waals surface area contributed by atoms with Crippen molar-refractivity contribution < 1.29 is 14.2 Å². The molecule has 5 nitrogen and oxygen atoms in total. The van der Waals surface area contributed by atoms with Gasteiger partial charge < -0.3 is 14.2 Å². The Morgan fingerprint density at radius 1 is 1.00 bits per heavy atom. The number of methoxy groups -OCH3 is 1. The van der Waals surface area contributed by atoms with Gasteiger partial charge in [-0.05, 0) is 44.0 Å². The molecule has 0 spiro atoms. The van der Waals surface area contributed by atoms with Crippen LogP contribution in [-0.2, 0) is 4.74 Å². The molecule has 1 aromatic rings. The summed E-state index contributed by atoms with van der Waals surface area (Å²) in [5.74, 6) is 2.48. The van der Waals surface area contributed by atoms with Gasteiger partial charge in [-0.1, -0.05) is 12.1 Å². The maximum absolute atomic E-state index is 5.89. The van der Waals surface area contributed by atoms with E-state index in [2.05, 4.69) is 9.80 Å². The summed E-state index contributed by atoms with van der Waals surface area (Å²) in [6.45, 7) is 9.33. The van der Waals surface area contributed by atoms with Crippen LogP contribution in [0, 0.1) is 5.92 Å². The number of morpholine rings is 1. The van der Waals surface area contributed by atoms with Crippen molar-refractivity contribution in [2.75, 3.05) is 66.2 Å². The number of likely N-dealkylation sites (tertiary alicyclic amines) is 1. The van der Waals surface area contributed by atoms with Crippen molar-refractivity contribution >= 4 is 0 Å². The Morgan fingerprint density at radius 2 is 1.71 bits per heavy atom. The Hall–Kier alpha value is -1.30. The minimum Gasteiger partial charge on any atom is -0.493 e. The molecular weight excluding hydrogens is 304 g/mol. The van der Waals surface area contributed by atoms with Gasteiger partial charge in [0.05, 0.1) is 20.3 Å². The number of hydrogen-bond acceptors (Lipinski definition) is 5. The van der Waals surface area contributed by atoms with Gasteiger partial charge in [-0.2, -0.15) is 0 Å². The van der Waals surface area contributed by atoms with Crippen LogP contribution in [0.3, 0.4) is 0 Å². The molecule has 2 saturated heterocycles. The largest absolute Gasteiger partial charge is 0.493 e. The van der Waals surface area contributed by atoms with Crippen LogP contribution in [-0.4, -0.2) is 76.0 Å². The summed E-state index contributed by atoms with van der Waals surface area (Å²) in [5.41, 5.74) is 0. The molecule has 0 amide bonds. The SMILES string of the molecule is COc1ccccc1OCCN1CCC(CN2CCOCC2)CC1. The van der Waals surface area contributed by atoms with E-state index in [0.717, 1.165) is 50.3 Å². The quantitative estimate of drug-likeness (QED) is 0.763. The fraction of sp³-hybridized carbons (Fsp3) is 0.684. The van der Waals surface area contributed by atoms with Crippen molar-refractivity contribution in [2.45, 2.75) is 12.8 Å². The number of nitrogens with zero attached hydrogens (tertiary/aromatic N) is 2. The Labute approximate surface area is 145 Å². The second-order valence-electron chi connectivity index (χ2n) is 6.70. The summed E-state index contributed by atoms with van der Waals surface area (Å²) in [7, 11) is 1.68. The van der Waals surface area contributed by atoms with Crippen LogP contribution in [0.25, 0.3) is 0 Å². The molecule has 2 aliphatic heterocycles. The van der Waals surface area contributed by atoms with Gasteiger partial charge in [0.1, 0.15) is 6.61 Å². The third kappa shape index (κ3) is 5.10. The summed E-state index contributed by atoms with van der Waals surface area (Å²) in [6, 6.07) is 7.85. The molecule has 2 aliphatic rings. The summed E-state index contributed by atoms with van der Waals surface area (Å²) in [6.07, 6.45) is 2.60. The molecule has 2 heterocycles. The zero-order chi connectivity index (χ0) is 16.6. The van der Waals surface area contributed by atoms with E-state index in [-0.39, 0.29) is 0 Å². The molecule has 24 heavy (non-hydrogen) atoms. The van der Waals surface area contributed by atoms with Crippen LogP contribution >= 0.6 is 0 Å². The van der Waals surface area contributed by atoms with E-state index in [9.17, 15) is 0 Å². The minimum absolute atomic E-state index is 0.717. The minimum atomic E-state index is 0.717. The lowest BCUT2D eigenvalue weighted by Crippen LogP contribution is -2.43. The van der Waals surface area contributed by atoms with Crippen molar-refractivity contribution in [3.05, 3.63) is 24.3 Å². The first-order valence-electron chi connectivity index (χ1n) is 9.13. The average molecular weight is 334 g/mol. The topological polar surface area (TPSA) is 34.2 Å². The molecule has 0 bridgehead atoms. The smallest absolute Gasteiger partial charge is 0.161 e. The first kappa shape index (κ1) is 17.5. The van der Waals surface area contributed by atoms with Gasteiger partial charge in [-0.25, -0.2) is 0 Å². The van der Waals surface area contributed by atoms with Gasteiger partial charge in [0.2, 0.25) is 0 Å². The maximum atomic E-state index is 5.89. The number of piperidine rings is 1. The Balaban J connectivity index is 1.33. The zero-order valence-corrected chi connectivity index (χ0v) is 14.8. The standard InChI is InChI=1S/C19H30N2O3/c1-22-18-4-2-3-5-19(18)24-15-12-20-8-6-17(7-9-20)16-21-10-13-23-14-11-21/h2-5,17H,6-16H2,1H3. The highest BCUT2D eigenvalue weighted by molar-refractivity contribution is 5.39. The maximum Gasteiger partial charge on any atom is 0.161 e. The lowest BCUT2D eigenvalue weighted by atomic mass is 9.96. The van der Waals surface area contributed by atoms with E-state index in [0.29, 0.717) is 6.61 Å². The second kappa shape index (κ2) is 9.25. The molecular formula is C19H30N2O3. The average Bonchev–Trinajstić information content (AvgIpc) is 2.64. The third-order valence-electron chi connectivity index (χ3n) is 5.06. The molecule has 3 rings (SSSR count). The Bertz CT molecular complexity index is 483. The summed E-state index contributed by atoms with van der Waals surface area (Å²) in [5, 5.41) is 0. The van der Waals surface area contributed by atoms with E-state index in [1.807, 2.05) is 24.3 Å². The van der Waals surface area contributed by atoms with Crippen LogP contribution in [0.5, 0.6) is 11.5 Å². The second-order valence-corrected chi connectivity index (χ2v) is 6.70. The molecule has 0 saturated carbocycles. The Morgan fingerprint density at radius 3 is 2.42 bits per heavy atom. The molecule has 1 aromatic carbocycles. The molecule has 2 fully saturated rings. The zero-order valence-electron chi connectivity index (χ0n) is 14.8. The molecule has 134 valence electrons.